The van der Waals surface area contributed by atoms with E-state index in [1.807, 2.05) is 18.2 Å². The number of aliphatic carboxylic acids is 2. The van der Waals surface area contributed by atoms with Crippen molar-refractivity contribution in [3.63, 3.8) is 0 Å². The third-order valence-corrected chi connectivity index (χ3v) is 2.64. The zero-order valence-corrected chi connectivity index (χ0v) is 12.8. The highest BCUT2D eigenvalue weighted by Gasteiger charge is 2.08. The summed E-state index contributed by atoms with van der Waals surface area (Å²) in [6, 6.07) is 10.7. The Morgan fingerprint density at radius 1 is 1.14 bits per heavy atom. The first-order valence-electron chi connectivity index (χ1n) is 6.97. The third kappa shape index (κ3) is 10.6. The van der Waals surface area contributed by atoms with E-state index >= 15 is 0 Å². The normalized spacial score (nSPS) is 13.0. The minimum atomic E-state index is -1.26. The second-order valence-corrected chi connectivity index (χ2v) is 4.64. The first-order valence-corrected chi connectivity index (χ1v) is 6.97. The van der Waals surface area contributed by atoms with Gasteiger partial charge < -0.3 is 20.6 Å². The highest BCUT2D eigenvalue weighted by atomic mass is 16.4. The molecule has 1 rings (SSSR count). The van der Waals surface area contributed by atoms with Crippen molar-refractivity contribution >= 4 is 11.9 Å². The largest absolute Gasteiger partial charge is 0.478 e. The van der Waals surface area contributed by atoms with E-state index < -0.39 is 11.9 Å². The smallest absolute Gasteiger partial charge is 0.328 e. The number of nitrogens with one attached hydrogen (secondary N) is 1. The van der Waals surface area contributed by atoms with Crippen molar-refractivity contribution < 1.29 is 24.9 Å². The predicted octanol–water partition coefficient (Wildman–Crippen LogP) is 1.82. The molecule has 2 unspecified atom stereocenters. The number of aliphatic hydroxyl groups excluding tert-OH is 1. The summed E-state index contributed by atoms with van der Waals surface area (Å²) in [5, 5.41) is 28.1. The molecule has 0 aliphatic heterocycles. The van der Waals surface area contributed by atoms with Crippen LogP contribution < -0.4 is 5.32 Å². The van der Waals surface area contributed by atoms with Crippen molar-refractivity contribution in [2.75, 3.05) is 6.54 Å². The van der Waals surface area contributed by atoms with Crippen LogP contribution in [0, 0.1) is 0 Å². The monoisotopic (exact) mass is 309 g/mol. The van der Waals surface area contributed by atoms with Crippen LogP contribution in [0.4, 0.5) is 0 Å². The second kappa shape index (κ2) is 11.5. The fourth-order valence-electron chi connectivity index (χ4n) is 1.64. The van der Waals surface area contributed by atoms with Gasteiger partial charge in [-0.25, -0.2) is 9.59 Å². The molecule has 0 aliphatic carbocycles. The maximum atomic E-state index is 9.55. The van der Waals surface area contributed by atoms with E-state index in [1.165, 1.54) is 5.56 Å². The first kappa shape index (κ1) is 19.8. The maximum Gasteiger partial charge on any atom is 0.328 e. The Bertz CT molecular complexity index is 455. The molecule has 1 aromatic carbocycles. The molecule has 0 fully saturated rings. The molecule has 6 heteroatoms. The van der Waals surface area contributed by atoms with E-state index in [0.29, 0.717) is 24.7 Å². The highest BCUT2D eigenvalue weighted by molar-refractivity contribution is 5.89. The Kier molecular flexibility index (Phi) is 10.3. The molecule has 122 valence electrons. The molecule has 1 aromatic rings. The van der Waals surface area contributed by atoms with Crippen LogP contribution in [0.2, 0.25) is 0 Å². The van der Waals surface area contributed by atoms with Gasteiger partial charge in [0.15, 0.2) is 0 Å². The number of rotatable bonds is 7. The van der Waals surface area contributed by atoms with Crippen LogP contribution in [0.1, 0.15) is 31.9 Å². The van der Waals surface area contributed by atoms with Gasteiger partial charge in [0.25, 0.3) is 0 Å². The highest BCUT2D eigenvalue weighted by Crippen LogP contribution is 2.15. The van der Waals surface area contributed by atoms with Crippen molar-refractivity contribution in [1.29, 1.82) is 0 Å². The van der Waals surface area contributed by atoms with E-state index in [0.717, 1.165) is 6.42 Å². The Hall–Kier alpha value is -2.18. The summed E-state index contributed by atoms with van der Waals surface area (Å²) in [7, 11) is 0. The number of carbonyl (C=O) groups is 2. The summed E-state index contributed by atoms with van der Waals surface area (Å²) >= 11 is 0. The van der Waals surface area contributed by atoms with E-state index in [9.17, 15) is 14.7 Å². The fraction of sp³-hybridized carbons (Fsp3) is 0.375. The number of carboxylic acid groups (broad SMARTS) is 2. The molecule has 0 spiro atoms. The first-order chi connectivity index (χ1) is 10.4. The van der Waals surface area contributed by atoms with Crippen LogP contribution in [0.3, 0.4) is 0 Å². The van der Waals surface area contributed by atoms with E-state index in [4.69, 9.17) is 10.2 Å². The Labute approximate surface area is 130 Å². The zero-order chi connectivity index (χ0) is 17.0. The molecule has 0 heterocycles. The predicted molar refractivity (Wildman–Crippen MR) is 83.6 cm³/mol. The van der Waals surface area contributed by atoms with Crippen LogP contribution >= 0.6 is 0 Å². The summed E-state index contributed by atoms with van der Waals surface area (Å²) in [6.07, 6.45) is 1.87. The molecular formula is C16H23NO5. The lowest BCUT2D eigenvalue weighted by Gasteiger charge is -2.18. The molecule has 22 heavy (non-hydrogen) atoms. The molecule has 0 amide bonds. The third-order valence-electron chi connectivity index (χ3n) is 2.64. The summed E-state index contributed by atoms with van der Waals surface area (Å²) < 4.78 is 0. The molecule has 0 saturated heterocycles. The molecule has 2 atom stereocenters. The Balaban J connectivity index is 0.000000472. The summed E-state index contributed by atoms with van der Waals surface area (Å²) in [6.45, 7) is 4.59. The molecule has 0 aromatic heterocycles. The number of carboxylic acids is 2. The van der Waals surface area contributed by atoms with E-state index in [-0.39, 0.29) is 6.10 Å². The van der Waals surface area contributed by atoms with Crippen molar-refractivity contribution in [2.24, 2.45) is 0 Å². The number of benzene rings is 1. The van der Waals surface area contributed by atoms with Crippen molar-refractivity contribution in [2.45, 2.75) is 32.4 Å². The number of hydrogen-bond acceptors (Lipinski definition) is 4. The summed E-state index contributed by atoms with van der Waals surface area (Å²) in [5.41, 5.74) is 1.29. The van der Waals surface area contributed by atoms with Crippen LogP contribution in [0.5, 0.6) is 0 Å². The Morgan fingerprint density at radius 3 is 2.00 bits per heavy atom. The van der Waals surface area contributed by atoms with Gasteiger partial charge >= 0.3 is 11.9 Å². The topological polar surface area (TPSA) is 107 Å². The quantitative estimate of drug-likeness (QED) is 0.572. The van der Waals surface area contributed by atoms with Crippen molar-refractivity contribution in [3.05, 3.63) is 48.0 Å². The Morgan fingerprint density at radius 2 is 1.64 bits per heavy atom. The standard InChI is InChI=1S/C12H19NO.C4H4O4/c1-3-12(13-9-10(2)14)11-7-5-4-6-8-11;5-3(6)1-2-4(7)8/h4-8,10,12-14H,3,9H2,1-2H3;1-2H,(H,5,6)(H,7,8). The molecule has 0 aliphatic rings. The molecule has 6 nitrogen and oxygen atoms in total. The van der Waals surface area contributed by atoms with Crippen LogP contribution in [0.25, 0.3) is 0 Å². The van der Waals surface area contributed by atoms with Gasteiger partial charge in [-0.15, -0.1) is 0 Å². The average Bonchev–Trinajstić information content (AvgIpc) is 2.47. The van der Waals surface area contributed by atoms with Gasteiger partial charge in [-0.05, 0) is 18.9 Å². The van der Waals surface area contributed by atoms with Crippen LogP contribution in [-0.4, -0.2) is 39.9 Å². The zero-order valence-electron chi connectivity index (χ0n) is 12.8. The number of hydrogen-bond donors (Lipinski definition) is 4. The van der Waals surface area contributed by atoms with Gasteiger partial charge in [-0.3, -0.25) is 0 Å². The summed E-state index contributed by atoms with van der Waals surface area (Å²) in [4.78, 5) is 19.1. The van der Waals surface area contributed by atoms with Gasteiger partial charge in [-0.2, -0.15) is 0 Å². The molecule has 0 radical (unpaired) electrons. The van der Waals surface area contributed by atoms with Crippen LogP contribution in [-0.2, 0) is 9.59 Å². The second-order valence-electron chi connectivity index (χ2n) is 4.64. The molecule has 0 bridgehead atoms. The van der Waals surface area contributed by atoms with Gasteiger partial charge in [0, 0.05) is 24.7 Å². The van der Waals surface area contributed by atoms with E-state index in [2.05, 4.69) is 24.4 Å². The van der Waals surface area contributed by atoms with Gasteiger partial charge in [-0.1, -0.05) is 37.3 Å². The SMILES string of the molecule is CCC(NCC(C)O)c1ccccc1.O=C(O)C=CC(=O)O. The molecule has 0 saturated carbocycles. The van der Waals surface area contributed by atoms with Crippen molar-refractivity contribution in [1.82, 2.24) is 5.32 Å². The molecule has 4 N–H and O–H groups in total. The lowest BCUT2D eigenvalue weighted by molar-refractivity contribution is -0.134. The average molecular weight is 309 g/mol. The summed E-state index contributed by atoms with van der Waals surface area (Å²) in [5.74, 6) is -2.51. The van der Waals surface area contributed by atoms with E-state index in [1.54, 1.807) is 6.92 Å². The van der Waals surface area contributed by atoms with Gasteiger partial charge in [0.1, 0.15) is 0 Å². The number of aliphatic hydroxyl groups is 1. The lowest BCUT2D eigenvalue weighted by atomic mass is 10.0. The van der Waals surface area contributed by atoms with Gasteiger partial charge in [0.05, 0.1) is 6.10 Å². The maximum absolute atomic E-state index is 9.55. The van der Waals surface area contributed by atoms with Crippen LogP contribution in [0.15, 0.2) is 42.5 Å². The lowest BCUT2D eigenvalue weighted by Crippen LogP contribution is -2.28. The minimum absolute atomic E-state index is 0.284. The molecular weight excluding hydrogens is 286 g/mol. The fourth-order valence-corrected chi connectivity index (χ4v) is 1.64. The minimum Gasteiger partial charge on any atom is -0.478 e. The van der Waals surface area contributed by atoms with Crippen molar-refractivity contribution in [3.8, 4) is 0 Å². The van der Waals surface area contributed by atoms with Gasteiger partial charge in [0.2, 0.25) is 0 Å².